The summed E-state index contributed by atoms with van der Waals surface area (Å²) < 4.78 is 21.9. The van der Waals surface area contributed by atoms with Gasteiger partial charge in [0.05, 0.1) is 32.8 Å². The molecule has 0 bridgehead atoms. The number of carbonyl (C=O) groups is 6. The Morgan fingerprint density at radius 1 is 0.712 bits per heavy atom. The molecule has 4 atom stereocenters. The van der Waals surface area contributed by atoms with Crippen molar-refractivity contribution in [3.63, 3.8) is 0 Å². The number of nitrogens with one attached hydrogen (secondary N) is 4. The summed E-state index contributed by atoms with van der Waals surface area (Å²) in [6, 6.07) is -2.05. The molecule has 0 aliphatic carbocycles. The molecule has 59 heavy (non-hydrogen) atoms. The summed E-state index contributed by atoms with van der Waals surface area (Å²) in [7, 11) is 0.971. The zero-order chi connectivity index (χ0) is 44.0. The normalized spacial score (nSPS) is 16.5. The van der Waals surface area contributed by atoms with E-state index in [1.807, 2.05) is 0 Å². The molecule has 1 aliphatic rings. The van der Waals surface area contributed by atoms with Gasteiger partial charge in [0, 0.05) is 26.2 Å². The molecule has 1 aliphatic heterocycles. The lowest BCUT2D eigenvalue weighted by molar-refractivity contribution is -0.200. The molecule has 4 unspecified atom stereocenters. The average Bonchev–Trinajstić information content (AvgIpc) is 3.17. The first-order chi connectivity index (χ1) is 27.4. The number of methoxy groups -OCH3 is 1. The van der Waals surface area contributed by atoms with Crippen molar-refractivity contribution in [3.05, 3.63) is 0 Å². The van der Waals surface area contributed by atoms with E-state index in [0.717, 1.165) is 32.8 Å². The molecule has 0 aromatic rings. The predicted molar refractivity (Wildman–Crippen MR) is 222 cm³/mol. The van der Waals surface area contributed by atoms with Gasteiger partial charge in [-0.2, -0.15) is 0 Å². The minimum atomic E-state index is -3.38. The number of hydrogen-bond acceptors (Lipinski definition) is 14. The topological polar surface area (TPSA) is 303 Å². The number of hydrogen-bond donors (Lipinski definition) is 7. The predicted octanol–water partition coefficient (Wildman–Crippen LogP) is 1.63. The number of esters is 3. The molecular weight excluding hydrogens is 770 g/mol. The van der Waals surface area contributed by atoms with E-state index in [1.165, 1.54) is 71.1 Å². The molecule has 20 heteroatoms. The van der Waals surface area contributed by atoms with Crippen LogP contribution in [-0.2, 0) is 38.1 Å². The van der Waals surface area contributed by atoms with Crippen LogP contribution < -0.4 is 38.7 Å². The highest BCUT2D eigenvalue weighted by Gasteiger charge is 2.77. The summed E-state index contributed by atoms with van der Waals surface area (Å²) in [5.74, 6) is -6.85. The van der Waals surface area contributed by atoms with E-state index in [1.54, 1.807) is 13.8 Å². The maximum Gasteiger partial charge on any atom is 0.348 e. The Kier molecular flexibility index (Phi) is 25.4. The minimum absolute atomic E-state index is 0. The van der Waals surface area contributed by atoms with Crippen LogP contribution in [0.3, 0.4) is 0 Å². The smallest absolute Gasteiger partial charge is 0.348 e. The van der Waals surface area contributed by atoms with Gasteiger partial charge in [0.25, 0.3) is 0 Å². The van der Waals surface area contributed by atoms with E-state index in [2.05, 4.69) is 28.4 Å². The molecule has 0 spiro atoms. The number of amides is 5. The summed E-state index contributed by atoms with van der Waals surface area (Å²) in [4.78, 5) is 86.6. The Morgan fingerprint density at radius 3 is 1.58 bits per heavy atom. The second kappa shape index (κ2) is 27.1. The van der Waals surface area contributed by atoms with Crippen LogP contribution in [0.1, 0.15) is 132 Å². The van der Waals surface area contributed by atoms with Gasteiger partial charge in [-0.15, -0.1) is 0 Å². The third-order valence-corrected chi connectivity index (χ3v) is 10.1. The van der Waals surface area contributed by atoms with Gasteiger partial charge < -0.3 is 51.4 Å². The van der Waals surface area contributed by atoms with Crippen LogP contribution in [0.2, 0.25) is 0 Å². The second-order valence-electron chi connectivity index (χ2n) is 15.6. The molecular formula is C39H77N9O11. The number of unbranched alkanes of at least 4 members (excludes halogenated alkanes) is 11. The Balaban J connectivity index is 0.0000336. The van der Waals surface area contributed by atoms with Gasteiger partial charge in [0.2, 0.25) is 11.6 Å². The third-order valence-electron chi connectivity index (χ3n) is 10.1. The third kappa shape index (κ3) is 15.3. The van der Waals surface area contributed by atoms with Crippen LogP contribution in [0, 0.1) is 5.92 Å². The summed E-state index contributed by atoms with van der Waals surface area (Å²) >= 11 is 0. The van der Waals surface area contributed by atoms with Gasteiger partial charge in [-0.1, -0.05) is 89.1 Å². The van der Waals surface area contributed by atoms with Crippen molar-refractivity contribution in [2.45, 2.75) is 154 Å². The molecule has 0 radical (unpaired) electrons. The Bertz CT molecular complexity index is 1300. The van der Waals surface area contributed by atoms with E-state index >= 15 is 0 Å². The van der Waals surface area contributed by atoms with Crippen LogP contribution in [0.4, 0.5) is 9.59 Å². The van der Waals surface area contributed by atoms with Gasteiger partial charge in [-0.3, -0.25) is 21.4 Å². The van der Waals surface area contributed by atoms with Crippen LogP contribution in [0.25, 0.3) is 0 Å². The van der Waals surface area contributed by atoms with Crippen LogP contribution in [0.5, 0.6) is 0 Å². The van der Waals surface area contributed by atoms with Crippen molar-refractivity contribution in [3.8, 4) is 0 Å². The molecule has 1 fully saturated rings. The van der Waals surface area contributed by atoms with E-state index in [4.69, 9.17) is 36.1 Å². The van der Waals surface area contributed by atoms with Crippen molar-refractivity contribution in [1.29, 1.82) is 0 Å². The molecule has 1 rings (SSSR count). The molecule has 0 saturated carbocycles. The SMILES string of the molecule is CCCCCCCCCCCCCCC(C(=O)N1CCOCC1)C(N)(C(=O)OC)C(N)(C(=O)OCC)C(N)(C(=O)OC(C)(C)C)N(NC(=O)NCC)NC(=O)NCC.O. The fourth-order valence-corrected chi connectivity index (χ4v) is 6.96. The Hall–Kier alpha value is -3.82. The summed E-state index contributed by atoms with van der Waals surface area (Å²) in [6.07, 6.45) is 12.1. The van der Waals surface area contributed by atoms with Gasteiger partial charge in [-0.25, -0.2) is 24.0 Å². The zero-order valence-corrected chi connectivity index (χ0v) is 36.9. The molecule has 344 valence electrons. The van der Waals surface area contributed by atoms with Crippen molar-refractivity contribution < 1.29 is 53.2 Å². The molecule has 1 heterocycles. The van der Waals surface area contributed by atoms with Gasteiger partial charge in [0.15, 0.2) is 11.1 Å². The number of morpholine rings is 1. The van der Waals surface area contributed by atoms with Crippen LogP contribution in [0.15, 0.2) is 0 Å². The lowest BCUT2D eigenvalue weighted by atomic mass is 9.61. The number of nitrogens with two attached hydrogens (primary N) is 3. The maximum absolute atomic E-state index is 14.8. The lowest BCUT2D eigenvalue weighted by Crippen LogP contribution is -2.94. The molecule has 0 aromatic heterocycles. The number of nitrogens with zero attached hydrogens (tertiary/aromatic N) is 2. The monoisotopic (exact) mass is 848 g/mol. The summed E-state index contributed by atoms with van der Waals surface area (Å²) in [6.45, 7) is 11.6. The summed E-state index contributed by atoms with van der Waals surface area (Å²) in [5.41, 5.74) is 14.8. The van der Waals surface area contributed by atoms with Gasteiger partial charge in [0.1, 0.15) is 5.60 Å². The number of rotatable bonds is 26. The quantitative estimate of drug-likeness (QED) is 0.0214. The van der Waals surface area contributed by atoms with Crippen LogP contribution >= 0.6 is 0 Å². The standard InChI is InChI=1S/C39H75N9O10.H2O/c1-9-13-14-15-16-17-18-19-20-21-22-23-24-29(30(49)47-25-27-56-28-26-47)37(40,31(50)55-8)38(41,32(51)57-12-4)39(42,33(52)58-36(5,6)7)48(45-34(53)43-10-2)46-35(54)44-11-3;/h29H,9-28,40-42H2,1-8H3,(H2,43,45,53)(H2,44,46,54);1H2. The highest BCUT2D eigenvalue weighted by atomic mass is 16.6. The van der Waals surface area contributed by atoms with Gasteiger partial charge in [-0.05, 0) is 48.0 Å². The maximum atomic E-state index is 14.8. The highest BCUT2D eigenvalue weighted by molar-refractivity contribution is 6.05. The fourth-order valence-electron chi connectivity index (χ4n) is 6.96. The molecule has 5 amide bonds. The Morgan fingerprint density at radius 2 is 1.17 bits per heavy atom. The first-order valence-corrected chi connectivity index (χ1v) is 21.0. The second-order valence-corrected chi connectivity index (χ2v) is 15.6. The van der Waals surface area contributed by atoms with Crippen molar-refractivity contribution in [1.82, 2.24) is 31.5 Å². The number of ether oxygens (including phenoxy) is 4. The molecule has 1 saturated heterocycles. The van der Waals surface area contributed by atoms with Crippen molar-refractivity contribution >= 4 is 35.9 Å². The van der Waals surface area contributed by atoms with Crippen LogP contribution in [-0.4, -0.2) is 127 Å². The van der Waals surface area contributed by atoms with E-state index < -0.39 is 64.1 Å². The van der Waals surface area contributed by atoms with Gasteiger partial charge >= 0.3 is 30.0 Å². The zero-order valence-electron chi connectivity index (χ0n) is 36.9. The van der Waals surface area contributed by atoms with Crippen molar-refractivity contribution in [2.75, 3.05) is 53.1 Å². The number of carbonyl (C=O) groups excluding carboxylic acids is 6. The minimum Gasteiger partial charge on any atom is -0.468 e. The fraction of sp³-hybridized carbons (Fsp3) is 0.846. The Labute approximate surface area is 350 Å². The largest absolute Gasteiger partial charge is 0.468 e. The molecule has 0 aromatic carbocycles. The van der Waals surface area contributed by atoms with E-state index in [-0.39, 0.29) is 57.9 Å². The van der Waals surface area contributed by atoms with Crippen molar-refractivity contribution in [2.24, 2.45) is 23.1 Å². The summed E-state index contributed by atoms with van der Waals surface area (Å²) in [5, 5.41) is 5.24. The van der Waals surface area contributed by atoms with E-state index in [0.29, 0.717) is 18.0 Å². The highest BCUT2D eigenvalue weighted by Crippen LogP contribution is 2.41. The molecule has 12 N–H and O–H groups in total. The first-order valence-electron chi connectivity index (χ1n) is 21.0. The lowest BCUT2D eigenvalue weighted by Gasteiger charge is -2.55. The molecule has 20 nitrogen and oxygen atoms in total. The first kappa shape index (κ1) is 55.2. The van der Waals surface area contributed by atoms with E-state index in [9.17, 15) is 28.8 Å². The average molecular weight is 848 g/mol. The number of urea groups is 2. The number of hydrazine groups is 2.